The second-order valence-corrected chi connectivity index (χ2v) is 9.11. The fourth-order valence-electron chi connectivity index (χ4n) is 5.02. The zero-order valence-electron chi connectivity index (χ0n) is 15.4. The van der Waals surface area contributed by atoms with Crippen LogP contribution < -0.4 is 0 Å². The van der Waals surface area contributed by atoms with Gasteiger partial charge in [0.25, 0.3) is 0 Å². The van der Waals surface area contributed by atoms with Crippen LogP contribution in [0.5, 0.6) is 0 Å². The molecule has 1 aliphatic carbocycles. The average molecular weight is 375 g/mol. The van der Waals surface area contributed by atoms with Gasteiger partial charge in [-0.3, -0.25) is 0 Å². The molecule has 0 amide bonds. The summed E-state index contributed by atoms with van der Waals surface area (Å²) in [5.41, 5.74) is 1.57. The lowest BCUT2D eigenvalue weighted by Gasteiger charge is -2.13. The highest BCUT2D eigenvalue weighted by Gasteiger charge is 2.28. The highest BCUT2D eigenvalue weighted by molar-refractivity contribution is 7.26. The fraction of sp³-hybridized carbons (Fsp3) is 0.111. The molecule has 132 valence electrons. The van der Waals surface area contributed by atoms with Crippen molar-refractivity contribution in [3.63, 3.8) is 0 Å². The van der Waals surface area contributed by atoms with E-state index in [1.54, 1.807) is 5.56 Å². The molecule has 28 heavy (non-hydrogen) atoms. The van der Waals surface area contributed by atoms with Gasteiger partial charge in [-0.25, -0.2) is 0 Å². The third kappa shape index (κ3) is 1.90. The van der Waals surface area contributed by atoms with Crippen LogP contribution in [0.25, 0.3) is 52.5 Å². The summed E-state index contributed by atoms with van der Waals surface area (Å²) in [7, 11) is 0. The lowest BCUT2D eigenvalue weighted by molar-refractivity contribution is 1.16. The van der Waals surface area contributed by atoms with Gasteiger partial charge in [-0.1, -0.05) is 66.7 Å². The third-order valence-electron chi connectivity index (χ3n) is 6.40. The Hall–Kier alpha value is -2.90. The highest BCUT2D eigenvalue weighted by Crippen LogP contribution is 2.51. The van der Waals surface area contributed by atoms with Gasteiger partial charge in [0.2, 0.25) is 0 Å². The molecule has 0 radical (unpaired) electrons. The van der Waals surface area contributed by atoms with Crippen molar-refractivity contribution >= 4 is 63.8 Å². The van der Waals surface area contributed by atoms with Crippen LogP contribution in [-0.4, -0.2) is 0 Å². The van der Waals surface area contributed by atoms with Gasteiger partial charge in [0.05, 0.1) is 0 Å². The third-order valence-corrected chi connectivity index (χ3v) is 7.59. The summed E-state index contributed by atoms with van der Waals surface area (Å²) in [5, 5.41) is 11.3. The molecule has 7 rings (SSSR count). The average Bonchev–Trinajstić information content (AvgIpc) is 3.53. The van der Waals surface area contributed by atoms with E-state index in [0.29, 0.717) is 0 Å². The van der Waals surface area contributed by atoms with Crippen molar-refractivity contribution < 1.29 is 0 Å². The van der Waals surface area contributed by atoms with E-state index < -0.39 is 0 Å². The maximum Gasteiger partial charge on any atom is 0.0443 e. The molecule has 0 unspecified atom stereocenters. The van der Waals surface area contributed by atoms with Crippen LogP contribution >= 0.6 is 11.3 Å². The SMILES string of the molecule is c1ccc2c(c1)sc1c2c(C2CC2)cc2c3ccccc3c3ccccc3c21. The number of hydrogen-bond acceptors (Lipinski definition) is 1. The topological polar surface area (TPSA) is 0 Å². The minimum Gasteiger partial charge on any atom is -0.134 e. The molecule has 6 aromatic rings. The van der Waals surface area contributed by atoms with Crippen LogP contribution in [0.2, 0.25) is 0 Å². The molecular formula is C27H18S. The number of fused-ring (bicyclic) bond motifs is 10. The smallest absolute Gasteiger partial charge is 0.0443 e. The molecule has 1 saturated carbocycles. The first-order valence-corrected chi connectivity index (χ1v) is 10.9. The van der Waals surface area contributed by atoms with Crippen molar-refractivity contribution in [2.75, 3.05) is 0 Å². The monoisotopic (exact) mass is 374 g/mol. The van der Waals surface area contributed by atoms with Crippen LogP contribution in [0.4, 0.5) is 0 Å². The van der Waals surface area contributed by atoms with E-state index in [9.17, 15) is 0 Å². The van der Waals surface area contributed by atoms with Gasteiger partial charge in [-0.15, -0.1) is 11.3 Å². The van der Waals surface area contributed by atoms with E-state index >= 15 is 0 Å². The van der Waals surface area contributed by atoms with E-state index in [1.807, 2.05) is 11.3 Å². The maximum absolute atomic E-state index is 2.53. The van der Waals surface area contributed by atoms with E-state index in [2.05, 4.69) is 78.9 Å². The second kappa shape index (κ2) is 5.33. The predicted molar refractivity (Wildman–Crippen MR) is 124 cm³/mol. The zero-order chi connectivity index (χ0) is 18.2. The predicted octanol–water partition coefficient (Wildman–Crippen LogP) is 8.39. The summed E-state index contributed by atoms with van der Waals surface area (Å²) in [6.07, 6.45) is 2.66. The van der Waals surface area contributed by atoms with Crippen molar-refractivity contribution in [1.29, 1.82) is 0 Å². The van der Waals surface area contributed by atoms with Crippen molar-refractivity contribution in [2.24, 2.45) is 0 Å². The molecular weight excluding hydrogens is 356 g/mol. The normalized spacial score (nSPS) is 14.7. The van der Waals surface area contributed by atoms with Crippen LogP contribution in [0.3, 0.4) is 0 Å². The van der Waals surface area contributed by atoms with E-state index in [1.165, 1.54) is 65.3 Å². The Labute approximate surface area is 167 Å². The summed E-state index contributed by atoms with van der Waals surface area (Å²) in [6.45, 7) is 0. The number of thiophene rings is 1. The van der Waals surface area contributed by atoms with Gasteiger partial charge in [0.15, 0.2) is 0 Å². The first-order valence-electron chi connectivity index (χ1n) is 10.1. The summed E-state index contributed by atoms with van der Waals surface area (Å²) >= 11 is 1.97. The fourth-order valence-corrected chi connectivity index (χ4v) is 6.31. The molecule has 0 N–H and O–H groups in total. The quantitative estimate of drug-likeness (QED) is 0.253. The Morgan fingerprint density at radius 2 is 1.14 bits per heavy atom. The highest BCUT2D eigenvalue weighted by atomic mass is 32.1. The molecule has 0 spiro atoms. The minimum atomic E-state index is 0.732. The lowest BCUT2D eigenvalue weighted by Crippen LogP contribution is -1.88. The van der Waals surface area contributed by atoms with E-state index in [4.69, 9.17) is 0 Å². The first-order chi connectivity index (χ1) is 13.9. The molecule has 0 nitrogen and oxygen atoms in total. The summed E-state index contributed by atoms with van der Waals surface area (Å²) in [6, 6.07) is 29.4. The van der Waals surface area contributed by atoms with Gasteiger partial charge >= 0.3 is 0 Å². The van der Waals surface area contributed by atoms with Crippen LogP contribution in [0, 0.1) is 0 Å². The molecule has 0 saturated heterocycles. The van der Waals surface area contributed by atoms with Crippen LogP contribution in [-0.2, 0) is 0 Å². The van der Waals surface area contributed by atoms with Gasteiger partial charge < -0.3 is 0 Å². The van der Waals surface area contributed by atoms with Crippen molar-refractivity contribution in [2.45, 2.75) is 18.8 Å². The standard InChI is InChI=1S/C27H18S/c1-2-9-19-17(7-1)18-8-3-4-10-20(18)25-23(19)15-22(16-13-14-16)26-21-11-5-6-12-24(21)28-27(25)26/h1-12,15-16H,13-14H2. The Morgan fingerprint density at radius 3 is 1.86 bits per heavy atom. The molecule has 1 heteroatoms. The van der Waals surface area contributed by atoms with Crippen molar-refractivity contribution in [1.82, 2.24) is 0 Å². The maximum atomic E-state index is 2.53. The van der Waals surface area contributed by atoms with Crippen LogP contribution in [0.1, 0.15) is 24.3 Å². The first kappa shape index (κ1) is 15.1. The molecule has 1 aliphatic rings. The van der Waals surface area contributed by atoms with Crippen molar-refractivity contribution in [3.05, 3.63) is 84.4 Å². The molecule has 0 atom stereocenters. The zero-order valence-corrected chi connectivity index (χ0v) is 16.2. The van der Waals surface area contributed by atoms with E-state index in [0.717, 1.165) is 5.92 Å². The number of hydrogen-bond donors (Lipinski definition) is 0. The largest absolute Gasteiger partial charge is 0.134 e. The molecule has 1 aromatic heterocycles. The number of rotatable bonds is 1. The Morgan fingerprint density at radius 1 is 0.571 bits per heavy atom. The Balaban J connectivity index is 1.86. The lowest BCUT2D eigenvalue weighted by atomic mass is 9.90. The summed E-state index contributed by atoms with van der Waals surface area (Å²) in [5.74, 6) is 0.732. The molecule has 0 aliphatic heterocycles. The van der Waals surface area contributed by atoms with Gasteiger partial charge in [-0.05, 0) is 63.4 Å². The molecule has 0 bridgehead atoms. The van der Waals surface area contributed by atoms with Crippen molar-refractivity contribution in [3.8, 4) is 0 Å². The van der Waals surface area contributed by atoms with E-state index in [-0.39, 0.29) is 0 Å². The Kier molecular flexibility index (Phi) is 2.87. The van der Waals surface area contributed by atoms with Gasteiger partial charge in [-0.2, -0.15) is 0 Å². The van der Waals surface area contributed by atoms with Gasteiger partial charge in [0, 0.05) is 25.6 Å². The molecule has 5 aromatic carbocycles. The summed E-state index contributed by atoms with van der Waals surface area (Å²) in [4.78, 5) is 0. The Bertz CT molecular complexity index is 1560. The molecule has 1 fully saturated rings. The summed E-state index contributed by atoms with van der Waals surface area (Å²) < 4.78 is 2.88. The number of benzene rings is 5. The minimum absolute atomic E-state index is 0.732. The second-order valence-electron chi connectivity index (χ2n) is 8.06. The van der Waals surface area contributed by atoms with Crippen LogP contribution in [0.15, 0.2) is 78.9 Å². The van der Waals surface area contributed by atoms with Gasteiger partial charge in [0.1, 0.15) is 0 Å². The molecule has 1 heterocycles.